The van der Waals surface area contributed by atoms with E-state index in [2.05, 4.69) is 63.8 Å². The number of benzene rings is 2. The smallest absolute Gasteiger partial charge is 0.122 e. The average Bonchev–Trinajstić information content (AvgIpc) is 3.08. The second-order valence-electron chi connectivity index (χ2n) is 6.93. The highest BCUT2D eigenvalue weighted by molar-refractivity contribution is 5.83. The van der Waals surface area contributed by atoms with E-state index in [1.807, 2.05) is 12.4 Å². The number of aliphatic hydroxyl groups is 1. The second-order valence-corrected chi connectivity index (χ2v) is 6.93. The van der Waals surface area contributed by atoms with Crippen LogP contribution >= 0.6 is 0 Å². The van der Waals surface area contributed by atoms with Crippen LogP contribution in [-0.4, -0.2) is 38.8 Å². The summed E-state index contributed by atoms with van der Waals surface area (Å²) in [6, 6.07) is 15.0. The summed E-state index contributed by atoms with van der Waals surface area (Å²) in [6.45, 7) is 5.57. The molecule has 0 unspecified atom stereocenters. The maximum absolute atomic E-state index is 10.8. The van der Waals surface area contributed by atoms with E-state index in [1.165, 1.54) is 16.3 Å². The standard InChI is InChI=1S/C21H25N3O/c1-2-24-12-10-22-21(24)15-23-11-9-19(20(25)14-23)18-8-7-16-5-3-4-6-17(16)13-18/h3-8,10,12-13,19-20,25H,2,9,11,14-15H2,1H3/t19-,20+/m0/s1. The largest absolute Gasteiger partial charge is 0.391 e. The Bertz CT molecular complexity index is 857. The summed E-state index contributed by atoms with van der Waals surface area (Å²) < 4.78 is 2.17. The fourth-order valence-corrected chi connectivity index (χ4v) is 3.95. The van der Waals surface area contributed by atoms with Gasteiger partial charge in [-0.3, -0.25) is 4.90 Å². The van der Waals surface area contributed by atoms with Crippen LogP contribution in [0.2, 0.25) is 0 Å². The van der Waals surface area contributed by atoms with E-state index in [1.54, 1.807) is 0 Å². The second kappa shape index (κ2) is 6.98. The molecule has 4 nitrogen and oxygen atoms in total. The summed E-state index contributed by atoms with van der Waals surface area (Å²) in [5.41, 5.74) is 1.25. The topological polar surface area (TPSA) is 41.3 Å². The van der Waals surface area contributed by atoms with Gasteiger partial charge in [-0.1, -0.05) is 42.5 Å². The minimum atomic E-state index is -0.333. The third-order valence-electron chi connectivity index (χ3n) is 5.38. The van der Waals surface area contributed by atoms with Gasteiger partial charge in [-0.25, -0.2) is 4.98 Å². The SMILES string of the molecule is CCn1ccnc1CN1CC[C@@H](c2ccc3ccccc3c2)[C@H](O)C1. The van der Waals surface area contributed by atoms with Crippen LogP contribution in [0, 0.1) is 0 Å². The van der Waals surface area contributed by atoms with Crippen LogP contribution in [0.4, 0.5) is 0 Å². The van der Waals surface area contributed by atoms with E-state index in [0.29, 0.717) is 6.54 Å². The molecule has 1 saturated heterocycles. The van der Waals surface area contributed by atoms with E-state index in [4.69, 9.17) is 0 Å². The van der Waals surface area contributed by atoms with Gasteiger partial charge in [0.25, 0.3) is 0 Å². The van der Waals surface area contributed by atoms with Crippen molar-refractivity contribution in [2.24, 2.45) is 0 Å². The van der Waals surface area contributed by atoms with Crippen LogP contribution < -0.4 is 0 Å². The number of aryl methyl sites for hydroxylation is 1. The minimum Gasteiger partial charge on any atom is -0.391 e. The predicted molar refractivity (Wildman–Crippen MR) is 100 cm³/mol. The quantitative estimate of drug-likeness (QED) is 0.794. The van der Waals surface area contributed by atoms with Crippen molar-refractivity contribution in [3.05, 3.63) is 66.2 Å². The first kappa shape index (κ1) is 16.3. The Morgan fingerprint density at radius 3 is 2.80 bits per heavy atom. The van der Waals surface area contributed by atoms with Crippen LogP contribution in [0.3, 0.4) is 0 Å². The molecule has 1 N–H and O–H groups in total. The Morgan fingerprint density at radius 1 is 1.16 bits per heavy atom. The maximum atomic E-state index is 10.8. The van der Waals surface area contributed by atoms with Gasteiger partial charge in [-0.2, -0.15) is 0 Å². The summed E-state index contributed by atoms with van der Waals surface area (Å²) in [4.78, 5) is 6.77. The third kappa shape index (κ3) is 3.32. The molecule has 2 aromatic carbocycles. The molecular formula is C21H25N3O. The van der Waals surface area contributed by atoms with Crippen LogP contribution in [0.5, 0.6) is 0 Å². The number of imidazole rings is 1. The number of hydrogen-bond donors (Lipinski definition) is 1. The minimum absolute atomic E-state index is 0.215. The zero-order chi connectivity index (χ0) is 17.2. The Morgan fingerprint density at radius 2 is 2.00 bits per heavy atom. The summed E-state index contributed by atoms with van der Waals surface area (Å²) >= 11 is 0. The molecule has 0 radical (unpaired) electrons. The van der Waals surface area contributed by atoms with Crippen molar-refractivity contribution in [3.63, 3.8) is 0 Å². The number of β-amino-alcohol motifs (C(OH)–C–C–N with tert-alkyl or cyclic N) is 1. The summed E-state index contributed by atoms with van der Waals surface area (Å²) in [5, 5.41) is 13.3. The van der Waals surface area contributed by atoms with Gasteiger partial charge in [0, 0.05) is 31.4 Å². The van der Waals surface area contributed by atoms with Gasteiger partial charge in [0.05, 0.1) is 12.6 Å². The van der Waals surface area contributed by atoms with Gasteiger partial charge < -0.3 is 9.67 Å². The van der Waals surface area contributed by atoms with Gasteiger partial charge in [-0.05, 0) is 36.2 Å². The number of nitrogens with zero attached hydrogens (tertiary/aromatic N) is 3. The fourth-order valence-electron chi connectivity index (χ4n) is 3.95. The van der Waals surface area contributed by atoms with Crippen molar-refractivity contribution in [3.8, 4) is 0 Å². The molecule has 4 rings (SSSR count). The van der Waals surface area contributed by atoms with Crippen molar-refractivity contribution in [1.82, 2.24) is 14.5 Å². The van der Waals surface area contributed by atoms with Gasteiger partial charge in [0.15, 0.2) is 0 Å². The van der Waals surface area contributed by atoms with Crippen LogP contribution in [-0.2, 0) is 13.1 Å². The molecule has 1 fully saturated rings. The third-order valence-corrected chi connectivity index (χ3v) is 5.38. The number of piperidine rings is 1. The number of aromatic nitrogens is 2. The summed E-state index contributed by atoms with van der Waals surface area (Å²) in [5.74, 6) is 1.30. The molecule has 1 aliphatic rings. The lowest BCUT2D eigenvalue weighted by Gasteiger charge is -2.36. The van der Waals surface area contributed by atoms with Crippen LogP contribution in [0.15, 0.2) is 54.9 Å². The number of fused-ring (bicyclic) bond motifs is 1. The molecule has 0 saturated carbocycles. The first-order valence-electron chi connectivity index (χ1n) is 9.13. The predicted octanol–water partition coefficient (Wildman–Crippen LogP) is 3.41. The molecule has 0 bridgehead atoms. The fraction of sp³-hybridized carbons (Fsp3) is 0.381. The van der Waals surface area contributed by atoms with Crippen molar-refractivity contribution < 1.29 is 5.11 Å². The molecule has 130 valence electrons. The van der Waals surface area contributed by atoms with Crippen LogP contribution in [0.1, 0.15) is 30.7 Å². The molecular weight excluding hydrogens is 310 g/mol. The van der Waals surface area contributed by atoms with E-state index >= 15 is 0 Å². The van der Waals surface area contributed by atoms with Crippen LogP contribution in [0.25, 0.3) is 10.8 Å². The van der Waals surface area contributed by atoms with Crippen molar-refractivity contribution >= 4 is 10.8 Å². The normalized spacial score (nSPS) is 21.7. The van der Waals surface area contributed by atoms with Gasteiger partial charge in [0.1, 0.15) is 5.82 Å². The van der Waals surface area contributed by atoms with Gasteiger partial charge >= 0.3 is 0 Å². The molecule has 4 heteroatoms. The molecule has 0 amide bonds. The number of aliphatic hydroxyl groups excluding tert-OH is 1. The van der Waals surface area contributed by atoms with E-state index in [-0.39, 0.29) is 12.0 Å². The zero-order valence-electron chi connectivity index (χ0n) is 14.7. The van der Waals surface area contributed by atoms with Crippen molar-refractivity contribution in [2.45, 2.75) is 38.5 Å². The first-order chi connectivity index (χ1) is 12.2. The maximum Gasteiger partial charge on any atom is 0.122 e. The molecule has 3 aromatic rings. The van der Waals surface area contributed by atoms with E-state index in [9.17, 15) is 5.11 Å². The molecule has 0 spiro atoms. The van der Waals surface area contributed by atoms with Gasteiger partial charge in [0.2, 0.25) is 0 Å². The van der Waals surface area contributed by atoms with Gasteiger partial charge in [-0.15, -0.1) is 0 Å². The highest BCUT2D eigenvalue weighted by Gasteiger charge is 2.29. The summed E-state index contributed by atoms with van der Waals surface area (Å²) in [7, 11) is 0. The highest BCUT2D eigenvalue weighted by Crippen LogP contribution is 2.31. The number of hydrogen-bond acceptors (Lipinski definition) is 3. The average molecular weight is 335 g/mol. The Hall–Kier alpha value is -2.17. The van der Waals surface area contributed by atoms with E-state index < -0.39 is 0 Å². The Labute approximate surface area is 148 Å². The highest BCUT2D eigenvalue weighted by atomic mass is 16.3. The lowest BCUT2D eigenvalue weighted by molar-refractivity contribution is 0.0461. The Kier molecular flexibility index (Phi) is 4.55. The first-order valence-corrected chi connectivity index (χ1v) is 9.13. The zero-order valence-corrected chi connectivity index (χ0v) is 14.7. The lowest BCUT2D eigenvalue weighted by Crippen LogP contribution is -2.42. The number of rotatable bonds is 4. The lowest BCUT2D eigenvalue weighted by atomic mass is 9.86. The summed E-state index contributed by atoms with van der Waals surface area (Å²) in [6.07, 6.45) is 4.52. The molecule has 1 aliphatic heterocycles. The Balaban J connectivity index is 1.47. The molecule has 0 aliphatic carbocycles. The monoisotopic (exact) mass is 335 g/mol. The molecule has 25 heavy (non-hydrogen) atoms. The number of likely N-dealkylation sites (tertiary alicyclic amines) is 1. The van der Waals surface area contributed by atoms with Crippen molar-refractivity contribution in [1.29, 1.82) is 0 Å². The molecule has 2 atom stereocenters. The van der Waals surface area contributed by atoms with Crippen molar-refractivity contribution in [2.75, 3.05) is 13.1 Å². The van der Waals surface area contributed by atoms with E-state index in [0.717, 1.165) is 31.9 Å². The molecule has 2 heterocycles. The molecule has 1 aromatic heterocycles.